The second-order valence-electron chi connectivity index (χ2n) is 15.0. The number of carbonyl (C=O) groups excluding carboxylic acids is 7. The number of likely N-dealkylation sites (N-methyl/N-ethyl adjacent to an activating group) is 1. The van der Waals surface area contributed by atoms with Crippen LogP contribution in [0, 0.1) is 0 Å². The number of guanidine groups is 4. The van der Waals surface area contributed by atoms with Gasteiger partial charge < -0.3 is 92.2 Å². The minimum Gasteiger partial charge on any atom is -0.394 e. The Morgan fingerprint density at radius 2 is 1.00 bits per heavy atom. The molecule has 0 aliphatic carbocycles. The molecule has 1 saturated heterocycles. The van der Waals surface area contributed by atoms with Gasteiger partial charge in [-0.1, -0.05) is 0 Å². The lowest BCUT2D eigenvalue weighted by Gasteiger charge is -2.28. The molecular weight excluding hydrogens is 827 g/mol. The Bertz CT molecular complexity index is 1630. The zero-order valence-electron chi connectivity index (χ0n) is 36.2. The third kappa shape index (κ3) is 22.8. The van der Waals surface area contributed by atoms with Crippen LogP contribution in [0.15, 0.2) is 20.0 Å². The van der Waals surface area contributed by atoms with Crippen molar-refractivity contribution in [2.45, 2.75) is 100 Å². The monoisotopic (exact) mass is 896 g/mol. The molecular formula is C36H69N19O8. The van der Waals surface area contributed by atoms with Crippen LogP contribution in [0.2, 0.25) is 0 Å². The van der Waals surface area contributed by atoms with Crippen molar-refractivity contribution in [2.24, 2.45) is 65.8 Å². The van der Waals surface area contributed by atoms with Gasteiger partial charge in [-0.2, -0.15) is 0 Å². The maximum atomic E-state index is 14.1. The van der Waals surface area contributed by atoms with Crippen molar-refractivity contribution in [1.29, 1.82) is 0 Å². The quantitative estimate of drug-likeness (QED) is 0.0138. The highest BCUT2D eigenvalue weighted by atomic mass is 16.3. The second kappa shape index (κ2) is 29.7. The van der Waals surface area contributed by atoms with Gasteiger partial charge in [0.2, 0.25) is 35.4 Å². The molecule has 6 atom stereocenters. The lowest BCUT2D eigenvalue weighted by molar-refractivity contribution is -0.140. The van der Waals surface area contributed by atoms with E-state index >= 15 is 0 Å². The first kappa shape index (κ1) is 54.5. The second-order valence-corrected chi connectivity index (χ2v) is 15.0. The molecule has 0 bridgehead atoms. The first-order valence-corrected chi connectivity index (χ1v) is 20.5. The molecule has 0 saturated carbocycles. The predicted octanol–water partition coefficient (Wildman–Crippen LogP) is -7.63. The SMILES string of the molecule is CN(C)CC(=O)N1CCC[C@H]1C(=O)N[C@@H](CCCN=C(N)N)C(=O)N[C@@H](CCCN=C(N)N)C(=O)N[C@@H](CCCN=C(N)N)C(=O)N[C@@H](CO)C(=O)N[C@H](C=O)CCCN=C(N)N. The van der Waals surface area contributed by atoms with Gasteiger partial charge >= 0.3 is 0 Å². The summed E-state index contributed by atoms with van der Waals surface area (Å²) < 4.78 is 0. The molecule has 0 spiro atoms. The molecule has 0 aromatic carbocycles. The Morgan fingerprint density at radius 3 is 1.38 bits per heavy atom. The summed E-state index contributed by atoms with van der Waals surface area (Å²) in [6.45, 7) is -0.0407. The number of carbonyl (C=O) groups is 7. The molecule has 0 radical (unpaired) electrons. The molecule has 0 aromatic heterocycles. The minimum atomic E-state index is -1.55. The summed E-state index contributed by atoms with van der Waals surface area (Å²) in [7, 11) is 3.45. The van der Waals surface area contributed by atoms with Crippen molar-refractivity contribution in [3.8, 4) is 0 Å². The van der Waals surface area contributed by atoms with Gasteiger partial charge in [-0.05, 0) is 78.3 Å². The highest BCUT2D eigenvalue weighted by molar-refractivity contribution is 5.97. The van der Waals surface area contributed by atoms with E-state index in [9.17, 15) is 38.7 Å². The van der Waals surface area contributed by atoms with E-state index in [4.69, 9.17) is 45.9 Å². The van der Waals surface area contributed by atoms with Crippen LogP contribution in [0.25, 0.3) is 0 Å². The van der Waals surface area contributed by atoms with E-state index in [2.05, 4.69) is 46.6 Å². The Kier molecular flexibility index (Phi) is 25.7. The van der Waals surface area contributed by atoms with Gasteiger partial charge in [-0.15, -0.1) is 0 Å². The van der Waals surface area contributed by atoms with E-state index in [1.54, 1.807) is 19.0 Å². The molecule has 1 heterocycles. The van der Waals surface area contributed by atoms with Crippen LogP contribution in [-0.4, -0.2) is 177 Å². The summed E-state index contributed by atoms with van der Waals surface area (Å²) in [6.07, 6.45) is 2.32. The Balaban J connectivity index is 3.40. The van der Waals surface area contributed by atoms with Gasteiger partial charge in [-0.3, -0.25) is 48.7 Å². The Labute approximate surface area is 366 Å². The highest BCUT2D eigenvalue weighted by Gasteiger charge is 2.37. The summed E-state index contributed by atoms with van der Waals surface area (Å²) >= 11 is 0. The fourth-order valence-electron chi connectivity index (χ4n) is 6.27. The van der Waals surface area contributed by atoms with E-state index in [1.807, 2.05) is 0 Å². The van der Waals surface area contributed by atoms with Crippen molar-refractivity contribution in [3.05, 3.63) is 0 Å². The van der Waals surface area contributed by atoms with E-state index in [1.165, 1.54) is 4.90 Å². The highest BCUT2D eigenvalue weighted by Crippen LogP contribution is 2.18. The number of rotatable bonds is 30. The van der Waals surface area contributed by atoms with Gasteiger partial charge in [-0.25, -0.2) is 0 Å². The van der Waals surface area contributed by atoms with Crippen LogP contribution >= 0.6 is 0 Å². The molecule has 27 nitrogen and oxygen atoms in total. The van der Waals surface area contributed by atoms with Crippen molar-refractivity contribution in [2.75, 3.05) is 60.0 Å². The zero-order chi connectivity index (χ0) is 47.5. The molecule has 1 rings (SSSR count). The Hall–Kier alpha value is -6.51. The molecule has 6 amide bonds. The summed E-state index contributed by atoms with van der Waals surface area (Å²) in [6, 6.07) is -7.34. The van der Waals surface area contributed by atoms with Crippen LogP contribution < -0.4 is 72.5 Å². The number of aliphatic imine (C=N–C) groups is 4. The molecule has 63 heavy (non-hydrogen) atoms. The first-order valence-electron chi connectivity index (χ1n) is 20.5. The fourth-order valence-corrected chi connectivity index (χ4v) is 6.27. The molecule has 22 N–H and O–H groups in total. The number of hydrogen-bond donors (Lipinski definition) is 14. The molecule has 1 aliphatic heterocycles. The molecule has 0 unspecified atom stereocenters. The number of nitrogens with two attached hydrogens (primary N) is 8. The van der Waals surface area contributed by atoms with Crippen molar-refractivity contribution in [3.63, 3.8) is 0 Å². The van der Waals surface area contributed by atoms with Gasteiger partial charge in [0.05, 0.1) is 19.2 Å². The van der Waals surface area contributed by atoms with Crippen LogP contribution in [0.3, 0.4) is 0 Å². The molecule has 1 fully saturated rings. The normalized spacial score (nSPS) is 15.6. The van der Waals surface area contributed by atoms with E-state index in [-0.39, 0.29) is 107 Å². The van der Waals surface area contributed by atoms with E-state index in [0.717, 1.165) is 0 Å². The number of aldehydes is 1. The van der Waals surface area contributed by atoms with Gasteiger partial charge in [0.15, 0.2) is 23.8 Å². The maximum Gasteiger partial charge on any atom is 0.245 e. The first-order chi connectivity index (χ1) is 29.8. The average Bonchev–Trinajstić information content (AvgIpc) is 3.71. The number of hydrogen-bond acceptors (Lipinski definition) is 13. The van der Waals surface area contributed by atoms with Crippen LogP contribution in [-0.2, 0) is 33.6 Å². The summed E-state index contributed by atoms with van der Waals surface area (Å²) in [5.74, 6) is -4.99. The van der Waals surface area contributed by atoms with Gasteiger partial charge in [0.1, 0.15) is 36.5 Å². The van der Waals surface area contributed by atoms with Crippen LogP contribution in [0.4, 0.5) is 0 Å². The lowest BCUT2D eigenvalue weighted by Crippen LogP contribution is -2.59. The number of likely N-dealkylation sites (tertiary alicyclic amines) is 1. The van der Waals surface area contributed by atoms with Crippen molar-refractivity contribution >= 4 is 65.6 Å². The third-order valence-electron chi connectivity index (χ3n) is 9.34. The van der Waals surface area contributed by atoms with Crippen LogP contribution in [0.5, 0.6) is 0 Å². The fraction of sp³-hybridized carbons (Fsp3) is 0.694. The lowest BCUT2D eigenvalue weighted by atomic mass is 10.0. The van der Waals surface area contributed by atoms with E-state index < -0.39 is 72.4 Å². The van der Waals surface area contributed by atoms with Crippen molar-refractivity contribution in [1.82, 2.24) is 36.4 Å². The largest absolute Gasteiger partial charge is 0.394 e. The Morgan fingerprint density at radius 1 is 0.619 bits per heavy atom. The van der Waals surface area contributed by atoms with Gasteiger partial charge in [0, 0.05) is 32.7 Å². The number of aliphatic hydroxyl groups excluding tert-OH is 1. The molecule has 356 valence electrons. The maximum absolute atomic E-state index is 14.1. The zero-order valence-corrected chi connectivity index (χ0v) is 36.2. The number of aliphatic hydroxyl groups is 1. The number of amides is 6. The molecule has 1 aliphatic rings. The smallest absolute Gasteiger partial charge is 0.245 e. The predicted molar refractivity (Wildman–Crippen MR) is 236 cm³/mol. The summed E-state index contributed by atoms with van der Waals surface area (Å²) in [5.41, 5.74) is 43.4. The average molecular weight is 896 g/mol. The topological polar surface area (TPSA) is 464 Å². The third-order valence-corrected chi connectivity index (χ3v) is 9.34. The summed E-state index contributed by atoms with van der Waals surface area (Å²) in [4.78, 5) is 112. The molecule has 0 aromatic rings. The minimum absolute atomic E-state index is 0.0245. The standard InChI is InChI=1S/C36H69N19O8/c1-54(2)18-27(58)55-17-7-12-26(55)32(63)52-24(11-6-16-48-36(43)44)29(60)50-22(9-4-14-46-34(39)40)28(59)51-23(10-5-15-47-35(41)42)30(61)53-25(20-57)31(62)49-21(19-56)8-3-13-45-33(37)38/h19,21-26,57H,3-18,20H2,1-2H3,(H,49,62)(H,50,60)(H,51,59)(H,52,63)(H,53,61)(H4,37,38,45)(H4,39,40,46)(H4,41,42,47)(H4,43,44,48)/t21-,22-,23-,24-,25-,26-/m0/s1. The van der Waals surface area contributed by atoms with Crippen LogP contribution in [0.1, 0.15) is 64.2 Å². The molecule has 27 heteroatoms. The van der Waals surface area contributed by atoms with Gasteiger partial charge in [0.25, 0.3) is 0 Å². The van der Waals surface area contributed by atoms with Crippen molar-refractivity contribution < 1.29 is 38.7 Å². The summed E-state index contributed by atoms with van der Waals surface area (Å²) in [5, 5.41) is 22.9. The number of nitrogens with one attached hydrogen (secondary N) is 5. The van der Waals surface area contributed by atoms with E-state index in [0.29, 0.717) is 32.1 Å². The number of nitrogens with zero attached hydrogens (tertiary/aromatic N) is 6.